The summed E-state index contributed by atoms with van der Waals surface area (Å²) in [6, 6.07) is 23.2. The van der Waals surface area contributed by atoms with Gasteiger partial charge in [-0.05, 0) is 49.6 Å². The van der Waals surface area contributed by atoms with Gasteiger partial charge >= 0.3 is 0 Å². The summed E-state index contributed by atoms with van der Waals surface area (Å²) >= 11 is 7.84. The first-order chi connectivity index (χ1) is 17.4. The fraction of sp³-hybridized carbons (Fsp3) is 0.179. The van der Waals surface area contributed by atoms with Crippen molar-refractivity contribution in [2.24, 2.45) is 0 Å². The van der Waals surface area contributed by atoms with Crippen molar-refractivity contribution >= 4 is 40.9 Å². The molecule has 1 aliphatic heterocycles. The van der Waals surface area contributed by atoms with E-state index in [0.29, 0.717) is 22.4 Å². The molecule has 3 aromatic carbocycles. The minimum atomic E-state index is -0.421. The molecule has 2 heterocycles. The van der Waals surface area contributed by atoms with Crippen LogP contribution in [0.4, 0.5) is 11.6 Å². The van der Waals surface area contributed by atoms with E-state index in [0.717, 1.165) is 38.7 Å². The number of nitrogens with zero attached hydrogens (tertiary/aromatic N) is 3. The molecule has 0 radical (unpaired) electrons. The van der Waals surface area contributed by atoms with E-state index < -0.39 is 6.04 Å². The summed E-state index contributed by atoms with van der Waals surface area (Å²) in [7, 11) is 0. The predicted octanol–water partition coefficient (Wildman–Crippen LogP) is 6.77. The second-order valence-corrected chi connectivity index (χ2v) is 10.1. The SMILES string of the molecule is CC1=C(C(=O)Nc2ccc(C)cc2C)C(c2ccccc2)n2nc(SCc3ccccc3Cl)nc2N1. The van der Waals surface area contributed by atoms with Crippen LogP contribution in [0.15, 0.2) is 89.2 Å². The first kappa shape index (κ1) is 24.2. The maximum atomic E-state index is 13.7. The third-order valence-corrected chi connectivity index (χ3v) is 7.39. The molecule has 8 heteroatoms. The van der Waals surface area contributed by atoms with Gasteiger partial charge in [0.05, 0.1) is 5.57 Å². The Bertz CT molecular complexity index is 1460. The normalized spacial score (nSPS) is 14.8. The Morgan fingerprint density at radius 2 is 1.81 bits per heavy atom. The summed E-state index contributed by atoms with van der Waals surface area (Å²) in [5.74, 6) is 1.07. The Labute approximate surface area is 219 Å². The highest BCUT2D eigenvalue weighted by Gasteiger charge is 2.34. The molecule has 5 rings (SSSR count). The molecular formula is C28H26ClN5OS. The third-order valence-electron chi connectivity index (χ3n) is 6.14. The molecule has 0 saturated heterocycles. The van der Waals surface area contributed by atoms with Gasteiger partial charge < -0.3 is 10.6 Å². The van der Waals surface area contributed by atoms with Gasteiger partial charge in [-0.2, -0.15) is 4.98 Å². The van der Waals surface area contributed by atoms with Crippen LogP contribution < -0.4 is 10.6 Å². The molecule has 36 heavy (non-hydrogen) atoms. The molecule has 0 spiro atoms. The van der Waals surface area contributed by atoms with Gasteiger partial charge in [0.2, 0.25) is 11.1 Å². The average molecular weight is 516 g/mol. The largest absolute Gasteiger partial charge is 0.328 e. The number of anilines is 2. The first-order valence-corrected chi connectivity index (χ1v) is 13.0. The van der Waals surface area contributed by atoms with Crippen molar-refractivity contribution in [3.05, 3.63) is 111 Å². The molecule has 1 unspecified atom stereocenters. The number of aryl methyl sites for hydroxylation is 2. The molecule has 1 aliphatic rings. The van der Waals surface area contributed by atoms with E-state index in [2.05, 4.69) is 16.7 Å². The smallest absolute Gasteiger partial charge is 0.255 e. The van der Waals surface area contributed by atoms with Crippen LogP contribution in [0.1, 0.15) is 35.2 Å². The van der Waals surface area contributed by atoms with Gasteiger partial charge in [0, 0.05) is 22.2 Å². The molecule has 0 saturated carbocycles. The zero-order chi connectivity index (χ0) is 25.2. The van der Waals surface area contributed by atoms with E-state index in [-0.39, 0.29) is 5.91 Å². The quantitative estimate of drug-likeness (QED) is 0.277. The van der Waals surface area contributed by atoms with E-state index in [4.69, 9.17) is 21.7 Å². The van der Waals surface area contributed by atoms with Crippen molar-refractivity contribution in [2.45, 2.75) is 37.7 Å². The molecule has 4 aromatic rings. The summed E-state index contributed by atoms with van der Waals surface area (Å²) in [4.78, 5) is 18.4. The lowest BCUT2D eigenvalue weighted by Crippen LogP contribution is -2.31. The van der Waals surface area contributed by atoms with E-state index in [1.165, 1.54) is 11.8 Å². The first-order valence-electron chi connectivity index (χ1n) is 11.6. The highest BCUT2D eigenvalue weighted by atomic mass is 35.5. The lowest BCUT2D eigenvalue weighted by Gasteiger charge is -2.28. The van der Waals surface area contributed by atoms with E-state index in [1.54, 1.807) is 4.68 Å². The minimum absolute atomic E-state index is 0.174. The molecule has 1 atom stereocenters. The Hall–Kier alpha value is -3.55. The number of halogens is 1. The van der Waals surface area contributed by atoms with E-state index >= 15 is 0 Å². The lowest BCUT2D eigenvalue weighted by atomic mass is 9.95. The number of hydrogen-bond acceptors (Lipinski definition) is 5. The van der Waals surface area contributed by atoms with Gasteiger partial charge in [-0.1, -0.05) is 89.6 Å². The summed E-state index contributed by atoms with van der Waals surface area (Å²) in [6.45, 7) is 5.94. The van der Waals surface area contributed by atoms with Gasteiger partial charge in [0.1, 0.15) is 6.04 Å². The number of allylic oxidation sites excluding steroid dienone is 1. The fourth-order valence-corrected chi connectivity index (χ4v) is 5.45. The number of fused-ring (bicyclic) bond motifs is 1. The minimum Gasteiger partial charge on any atom is -0.328 e. The highest BCUT2D eigenvalue weighted by Crippen LogP contribution is 2.37. The number of benzene rings is 3. The zero-order valence-electron chi connectivity index (χ0n) is 20.2. The summed E-state index contributed by atoms with van der Waals surface area (Å²) in [5, 5.41) is 12.5. The van der Waals surface area contributed by atoms with E-state index in [9.17, 15) is 4.79 Å². The van der Waals surface area contributed by atoms with Crippen molar-refractivity contribution in [1.82, 2.24) is 14.8 Å². The molecule has 182 valence electrons. The number of carbonyl (C=O) groups excluding carboxylic acids is 1. The van der Waals surface area contributed by atoms with Gasteiger partial charge in [0.25, 0.3) is 5.91 Å². The molecule has 0 aliphatic carbocycles. The number of aromatic nitrogens is 3. The number of nitrogens with one attached hydrogen (secondary N) is 2. The summed E-state index contributed by atoms with van der Waals surface area (Å²) in [5.41, 5.74) is 6.27. The number of hydrogen-bond donors (Lipinski definition) is 2. The molecule has 6 nitrogen and oxygen atoms in total. The number of rotatable bonds is 6. The second-order valence-electron chi connectivity index (χ2n) is 8.79. The Balaban J connectivity index is 1.48. The van der Waals surface area contributed by atoms with Crippen LogP contribution >= 0.6 is 23.4 Å². The number of carbonyl (C=O) groups is 1. The lowest BCUT2D eigenvalue weighted by molar-refractivity contribution is -0.113. The van der Waals surface area contributed by atoms with E-state index in [1.807, 2.05) is 87.5 Å². The monoisotopic (exact) mass is 515 g/mol. The topological polar surface area (TPSA) is 71.8 Å². The van der Waals surface area contributed by atoms with Gasteiger partial charge in [0.15, 0.2) is 0 Å². The third kappa shape index (κ3) is 4.90. The van der Waals surface area contributed by atoms with Crippen LogP contribution in [0.3, 0.4) is 0 Å². The van der Waals surface area contributed by atoms with Crippen molar-refractivity contribution in [2.75, 3.05) is 10.6 Å². The van der Waals surface area contributed by atoms with Crippen LogP contribution in [0.5, 0.6) is 0 Å². The summed E-state index contributed by atoms with van der Waals surface area (Å²) < 4.78 is 1.80. The molecule has 1 amide bonds. The maximum Gasteiger partial charge on any atom is 0.255 e. The molecule has 2 N–H and O–H groups in total. The van der Waals surface area contributed by atoms with Gasteiger partial charge in [-0.3, -0.25) is 4.79 Å². The second kappa shape index (κ2) is 10.2. The number of thioether (sulfide) groups is 1. The van der Waals surface area contributed by atoms with Gasteiger partial charge in [-0.25, -0.2) is 4.68 Å². The molecule has 0 bridgehead atoms. The van der Waals surface area contributed by atoms with Crippen molar-refractivity contribution in [3.8, 4) is 0 Å². The molecule has 1 aromatic heterocycles. The average Bonchev–Trinajstić information content (AvgIpc) is 3.27. The number of amides is 1. The Kier molecular flexibility index (Phi) is 6.85. The fourth-order valence-electron chi connectivity index (χ4n) is 4.33. The predicted molar refractivity (Wildman–Crippen MR) is 146 cm³/mol. The molecule has 0 fully saturated rings. The van der Waals surface area contributed by atoms with Crippen LogP contribution in [-0.2, 0) is 10.5 Å². The van der Waals surface area contributed by atoms with Crippen LogP contribution in [0.25, 0.3) is 0 Å². The molecular weight excluding hydrogens is 490 g/mol. The summed E-state index contributed by atoms with van der Waals surface area (Å²) in [6.07, 6.45) is 0. The zero-order valence-corrected chi connectivity index (χ0v) is 21.8. The van der Waals surface area contributed by atoms with Crippen molar-refractivity contribution < 1.29 is 4.79 Å². The van der Waals surface area contributed by atoms with Gasteiger partial charge in [-0.15, -0.1) is 5.10 Å². The maximum absolute atomic E-state index is 13.7. The van der Waals surface area contributed by atoms with Crippen LogP contribution in [0, 0.1) is 13.8 Å². The van der Waals surface area contributed by atoms with Crippen molar-refractivity contribution in [1.29, 1.82) is 0 Å². The Morgan fingerprint density at radius 3 is 2.56 bits per heavy atom. The standard InChI is InChI=1S/C28H26ClN5OS/c1-17-13-14-23(18(2)15-17)31-26(35)24-19(3)30-27-32-28(36-16-21-11-7-8-12-22(21)29)33-34(27)25(24)20-9-5-4-6-10-20/h4-15,25H,16H2,1-3H3,(H,31,35)(H,30,32,33). The van der Waals surface area contributed by atoms with Crippen LogP contribution in [-0.4, -0.2) is 20.7 Å². The van der Waals surface area contributed by atoms with Crippen molar-refractivity contribution in [3.63, 3.8) is 0 Å². The highest BCUT2D eigenvalue weighted by molar-refractivity contribution is 7.98. The Morgan fingerprint density at radius 1 is 1.06 bits per heavy atom. The van der Waals surface area contributed by atoms with Crippen LogP contribution in [0.2, 0.25) is 5.02 Å².